The molecule has 0 bridgehead atoms. The summed E-state index contributed by atoms with van der Waals surface area (Å²) < 4.78 is 10.1. The van der Waals surface area contributed by atoms with E-state index < -0.39 is 0 Å². The molecule has 6 nitrogen and oxygen atoms in total. The van der Waals surface area contributed by atoms with Crippen LogP contribution in [0.25, 0.3) is 0 Å². The summed E-state index contributed by atoms with van der Waals surface area (Å²) >= 11 is 2.05. The molecule has 1 amide bonds. The predicted octanol–water partition coefficient (Wildman–Crippen LogP) is 3.31. The van der Waals surface area contributed by atoms with Gasteiger partial charge in [-0.2, -0.15) is 11.8 Å². The Bertz CT molecular complexity index is 210. The van der Waals surface area contributed by atoms with Gasteiger partial charge in [0.05, 0.1) is 19.8 Å². The lowest BCUT2D eigenvalue weighted by Gasteiger charge is -1.92. The third-order valence-electron chi connectivity index (χ3n) is 3.17. The lowest BCUT2D eigenvalue weighted by atomic mass is 10.4. The summed E-state index contributed by atoms with van der Waals surface area (Å²) in [6, 6.07) is 0. The van der Waals surface area contributed by atoms with Crippen molar-refractivity contribution >= 4 is 17.7 Å². The van der Waals surface area contributed by atoms with Crippen LogP contribution in [-0.2, 0) is 14.3 Å². The van der Waals surface area contributed by atoms with E-state index in [2.05, 4.69) is 27.7 Å². The average molecular weight is 424 g/mol. The van der Waals surface area contributed by atoms with E-state index in [9.17, 15) is 4.79 Å². The molecule has 3 aliphatic rings. The van der Waals surface area contributed by atoms with Crippen molar-refractivity contribution in [3.05, 3.63) is 0 Å². The van der Waals surface area contributed by atoms with Gasteiger partial charge in [0.25, 0.3) is 0 Å². The van der Waals surface area contributed by atoms with E-state index in [0.29, 0.717) is 26.2 Å². The van der Waals surface area contributed by atoms with Gasteiger partial charge >= 0.3 is 0 Å². The molecular formula is C21H49N3O3S. The van der Waals surface area contributed by atoms with Gasteiger partial charge in [-0.25, -0.2) is 0 Å². The molecule has 7 heteroatoms. The average Bonchev–Trinajstić information content (AvgIpc) is 3.33. The summed E-state index contributed by atoms with van der Waals surface area (Å²) in [6.07, 6.45) is 3.03. The molecule has 3 fully saturated rings. The number of hydrogen-bond acceptors (Lipinski definition) is 6. The molecule has 3 aliphatic heterocycles. The molecule has 28 heavy (non-hydrogen) atoms. The van der Waals surface area contributed by atoms with E-state index in [1.807, 2.05) is 41.5 Å². The van der Waals surface area contributed by atoms with Gasteiger partial charge in [-0.3, -0.25) is 4.79 Å². The van der Waals surface area contributed by atoms with E-state index in [4.69, 9.17) is 9.47 Å². The number of nitrogens with one attached hydrogen (secondary N) is 3. The van der Waals surface area contributed by atoms with Crippen LogP contribution >= 0.6 is 11.8 Å². The fraction of sp³-hybridized carbons (Fsp3) is 0.952. The molecule has 0 aromatic heterocycles. The Balaban J connectivity index is -0.000000296. The molecule has 0 aromatic rings. The number of hydrogen-bond donors (Lipinski definition) is 3. The number of rotatable bonds is 0. The Hall–Kier alpha value is -0.340. The first-order chi connectivity index (χ1) is 13.9. The molecule has 3 saturated heterocycles. The zero-order valence-electron chi connectivity index (χ0n) is 19.5. The van der Waals surface area contributed by atoms with Gasteiger partial charge < -0.3 is 25.4 Å². The predicted molar refractivity (Wildman–Crippen MR) is 126 cm³/mol. The van der Waals surface area contributed by atoms with E-state index in [-0.39, 0.29) is 5.91 Å². The Labute approximate surface area is 179 Å². The molecule has 3 rings (SSSR count). The Kier molecular flexibility index (Phi) is 39.5. The first kappa shape index (κ1) is 32.3. The highest BCUT2D eigenvalue weighted by atomic mass is 32.2. The highest BCUT2D eigenvalue weighted by molar-refractivity contribution is 7.99. The second kappa shape index (κ2) is 34.2. The summed E-state index contributed by atoms with van der Waals surface area (Å²) in [5.41, 5.74) is 0. The van der Waals surface area contributed by atoms with Crippen molar-refractivity contribution in [1.29, 1.82) is 0 Å². The van der Waals surface area contributed by atoms with Crippen molar-refractivity contribution in [3.8, 4) is 0 Å². The molecule has 0 spiro atoms. The van der Waals surface area contributed by atoms with Crippen LogP contribution < -0.4 is 16.0 Å². The van der Waals surface area contributed by atoms with Gasteiger partial charge in [0.15, 0.2) is 0 Å². The van der Waals surface area contributed by atoms with E-state index in [1.54, 1.807) is 0 Å². The van der Waals surface area contributed by atoms with Crippen LogP contribution in [0, 0.1) is 0 Å². The van der Waals surface area contributed by atoms with Crippen molar-refractivity contribution < 1.29 is 14.3 Å². The second-order valence-electron chi connectivity index (χ2n) is 5.14. The molecule has 172 valence electrons. The van der Waals surface area contributed by atoms with Gasteiger partial charge in [-0.05, 0) is 31.7 Å². The zero-order valence-corrected chi connectivity index (χ0v) is 20.3. The minimum Gasteiger partial charge on any atom is -0.380 e. The fourth-order valence-electron chi connectivity index (χ4n) is 1.96. The van der Waals surface area contributed by atoms with Crippen LogP contribution in [0.15, 0.2) is 0 Å². The van der Waals surface area contributed by atoms with Crippen molar-refractivity contribution in [2.24, 2.45) is 0 Å². The quantitative estimate of drug-likeness (QED) is 0.555. The molecular weight excluding hydrogens is 374 g/mol. The molecule has 3 heterocycles. The summed E-state index contributed by atoms with van der Waals surface area (Å²) in [7, 11) is 0. The minimum atomic E-state index is 0.0995. The SMILES string of the molecule is C1CNCCOC1.C1CNCCSC1.CC.CC.CC.O=C1CCOCCN1. The number of carbonyl (C=O) groups excluding carboxylic acids is 1. The molecule has 0 aromatic carbocycles. The smallest absolute Gasteiger partial charge is 0.222 e. The molecule has 0 radical (unpaired) electrons. The lowest BCUT2D eigenvalue weighted by Crippen LogP contribution is -2.23. The third kappa shape index (κ3) is 30.4. The van der Waals surface area contributed by atoms with Crippen LogP contribution in [-0.4, -0.2) is 76.6 Å². The minimum absolute atomic E-state index is 0.0995. The molecule has 0 atom stereocenters. The van der Waals surface area contributed by atoms with Crippen LogP contribution in [0.2, 0.25) is 0 Å². The first-order valence-electron chi connectivity index (χ1n) is 11.3. The molecule has 0 unspecified atom stereocenters. The van der Waals surface area contributed by atoms with Crippen molar-refractivity contribution in [3.63, 3.8) is 0 Å². The maximum Gasteiger partial charge on any atom is 0.222 e. The zero-order chi connectivity index (χ0) is 21.7. The molecule has 3 N–H and O–H groups in total. The number of carbonyl (C=O) groups is 1. The maximum absolute atomic E-state index is 10.5. The number of amides is 1. The van der Waals surface area contributed by atoms with Crippen LogP contribution in [0.3, 0.4) is 0 Å². The highest BCUT2D eigenvalue weighted by Crippen LogP contribution is 2.02. The first-order valence-corrected chi connectivity index (χ1v) is 12.5. The maximum atomic E-state index is 10.5. The molecule has 0 saturated carbocycles. The van der Waals surface area contributed by atoms with Crippen molar-refractivity contribution in [1.82, 2.24) is 16.0 Å². The molecule has 0 aliphatic carbocycles. The fourth-order valence-corrected chi connectivity index (χ4v) is 2.80. The Morgan fingerprint density at radius 3 is 2.04 bits per heavy atom. The third-order valence-corrected chi connectivity index (χ3v) is 4.24. The van der Waals surface area contributed by atoms with E-state index >= 15 is 0 Å². The van der Waals surface area contributed by atoms with E-state index in [0.717, 1.165) is 26.3 Å². The summed E-state index contributed by atoms with van der Waals surface area (Å²) in [6.45, 7) is 20.3. The Morgan fingerprint density at radius 1 is 0.679 bits per heavy atom. The summed E-state index contributed by atoms with van der Waals surface area (Å²) in [5, 5.41) is 9.23. The van der Waals surface area contributed by atoms with Gasteiger partial charge in [-0.15, -0.1) is 0 Å². The van der Waals surface area contributed by atoms with Crippen LogP contribution in [0.4, 0.5) is 0 Å². The number of ether oxygens (including phenoxy) is 2. The lowest BCUT2D eigenvalue weighted by molar-refractivity contribution is -0.120. The Morgan fingerprint density at radius 2 is 1.29 bits per heavy atom. The summed E-state index contributed by atoms with van der Waals surface area (Å²) in [4.78, 5) is 10.5. The highest BCUT2D eigenvalue weighted by Gasteiger charge is 2.03. The topological polar surface area (TPSA) is 71.6 Å². The van der Waals surface area contributed by atoms with Gasteiger partial charge in [0.2, 0.25) is 5.91 Å². The van der Waals surface area contributed by atoms with Crippen LogP contribution in [0.5, 0.6) is 0 Å². The largest absolute Gasteiger partial charge is 0.380 e. The second-order valence-corrected chi connectivity index (χ2v) is 6.37. The van der Waals surface area contributed by atoms with E-state index in [1.165, 1.54) is 37.4 Å². The standard InChI is InChI=1S/C5H9NO2.C5H11NO.C5H11NS.3C2H6/c7-5-1-3-8-4-2-6-5;2*1-2-6-3-5-7-4-1;3*1-2/h1-4H2,(H,6,7);2*6H,1-5H2;3*1-2H3. The summed E-state index contributed by atoms with van der Waals surface area (Å²) in [5.74, 6) is 2.76. The van der Waals surface area contributed by atoms with Crippen LogP contribution in [0.1, 0.15) is 60.8 Å². The van der Waals surface area contributed by atoms with Crippen molar-refractivity contribution in [2.45, 2.75) is 60.8 Å². The monoisotopic (exact) mass is 423 g/mol. The number of thioether (sulfide) groups is 1. The normalized spacial score (nSPS) is 18.9. The van der Waals surface area contributed by atoms with Crippen molar-refractivity contribution in [2.75, 3.05) is 70.7 Å². The van der Waals surface area contributed by atoms with Gasteiger partial charge in [-0.1, -0.05) is 41.5 Å². The van der Waals surface area contributed by atoms with Gasteiger partial charge in [0.1, 0.15) is 0 Å². The van der Waals surface area contributed by atoms with Gasteiger partial charge in [0, 0.05) is 38.4 Å².